The van der Waals surface area contributed by atoms with E-state index in [1.807, 2.05) is 30.3 Å². The molecule has 0 fully saturated rings. The summed E-state index contributed by atoms with van der Waals surface area (Å²) in [6, 6.07) is 14.9. The molecule has 110 valence electrons. The van der Waals surface area contributed by atoms with Gasteiger partial charge in [-0.1, -0.05) is 37.3 Å². The molecule has 0 amide bonds. The van der Waals surface area contributed by atoms with Gasteiger partial charge in [0.25, 0.3) is 0 Å². The normalized spacial score (nSPS) is 10.0. The van der Waals surface area contributed by atoms with Gasteiger partial charge in [0, 0.05) is 12.5 Å². The lowest BCUT2D eigenvalue weighted by molar-refractivity contribution is -0.134. The molecule has 2 aromatic carbocycles. The van der Waals surface area contributed by atoms with Crippen molar-refractivity contribution < 1.29 is 19.0 Å². The molecule has 0 aromatic heterocycles. The Kier molecular flexibility index (Phi) is 5.21. The zero-order chi connectivity index (χ0) is 15.1. The summed E-state index contributed by atoms with van der Waals surface area (Å²) >= 11 is 0. The van der Waals surface area contributed by atoms with Crippen molar-refractivity contribution in [1.29, 1.82) is 0 Å². The van der Waals surface area contributed by atoms with E-state index >= 15 is 0 Å². The number of esters is 1. The molecule has 0 spiro atoms. The summed E-state index contributed by atoms with van der Waals surface area (Å²) in [7, 11) is 1.57. The fraction of sp³-hybridized carbons (Fsp3) is 0.235. The zero-order valence-corrected chi connectivity index (χ0v) is 12.2. The van der Waals surface area contributed by atoms with Crippen LogP contribution in [-0.2, 0) is 11.4 Å². The summed E-state index contributed by atoms with van der Waals surface area (Å²) in [5, 5.41) is 0. The summed E-state index contributed by atoms with van der Waals surface area (Å²) in [6.45, 7) is 2.17. The molecule has 21 heavy (non-hydrogen) atoms. The Morgan fingerprint density at radius 1 is 1.05 bits per heavy atom. The van der Waals surface area contributed by atoms with Gasteiger partial charge in [-0.15, -0.1) is 0 Å². The molecule has 0 radical (unpaired) electrons. The van der Waals surface area contributed by atoms with Gasteiger partial charge in [-0.2, -0.15) is 0 Å². The number of hydrogen-bond acceptors (Lipinski definition) is 4. The number of methoxy groups -OCH3 is 1. The Labute approximate surface area is 124 Å². The van der Waals surface area contributed by atoms with Crippen molar-refractivity contribution in [2.75, 3.05) is 7.11 Å². The topological polar surface area (TPSA) is 44.8 Å². The number of hydrogen-bond donors (Lipinski definition) is 0. The van der Waals surface area contributed by atoms with Crippen molar-refractivity contribution in [3.05, 3.63) is 54.1 Å². The summed E-state index contributed by atoms with van der Waals surface area (Å²) in [5.74, 6) is 1.31. The monoisotopic (exact) mass is 286 g/mol. The molecular weight excluding hydrogens is 268 g/mol. The highest BCUT2D eigenvalue weighted by Gasteiger charge is 2.09. The van der Waals surface area contributed by atoms with E-state index in [4.69, 9.17) is 14.2 Å². The third-order valence-corrected chi connectivity index (χ3v) is 2.89. The number of carbonyl (C=O) groups is 1. The predicted octanol–water partition coefficient (Wildman–Crippen LogP) is 3.59. The van der Waals surface area contributed by atoms with Crippen LogP contribution in [0.1, 0.15) is 18.9 Å². The van der Waals surface area contributed by atoms with Crippen molar-refractivity contribution >= 4 is 5.97 Å². The summed E-state index contributed by atoms with van der Waals surface area (Å²) in [6.07, 6.45) is 0.326. The average molecular weight is 286 g/mol. The molecule has 0 aliphatic rings. The van der Waals surface area contributed by atoms with E-state index in [-0.39, 0.29) is 5.97 Å². The van der Waals surface area contributed by atoms with E-state index in [0.29, 0.717) is 30.3 Å². The first-order valence-electron chi connectivity index (χ1n) is 6.78. The largest absolute Gasteiger partial charge is 0.493 e. The first kappa shape index (κ1) is 14.9. The van der Waals surface area contributed by atoms with Gasteiger partial charge in [-0.05, 0) is 17.7 Å². The lowest BCUT2D eigenvalue weighted by Gasteiger charge is -2.12. The van der Waals surface area contributed by atoms with Crippen LogP contribution in [0.2, 0.25) is 0 Å². The fourth-order valence-corrected chi connectivity index (χ4v) is 1.77. The van der Waals surface area contributed by atoms with Crippen molar-refractivity contribution in [3.8, 4) is 17.2 Å². The molecule has 2 rings (SSSR count). The quantitative estimate of drug-likeness (QED) is 0.601. The van der Waals surface area contributed by atoms with E-state index in [2.05, 4.69) is 0 Å². The lowest BCUT2D eigenvalue weighted by atomic mass is 10.2. The van der Waals surface area contributed by atoms with Gasteiger partial charge in [-0.3, -0.25) is 4.79 Å². The van der Waals surface area contributed by atoms with Crippen molar-refractivity contribution in [3.63, 3.8) is 0 Å². The molecule has 0 unspecified atom stereocenters. The highest BCUT2D eigenvalue weighted by molar-refractivity contribution is 5.72. The molecule has 0 heterocycles. The van der Waals surface area contributed by atoms with Crippen LogP contribution in [0.25, 0.3) is 0 Å². The van der Waals surface area contributed by atoms with Gasteiger partial charge >= 0.3 is 5.97 Å². The van der Waals surface area contributed by atoms with Gasteiger partial charge in [-0.25, -0.2) is 0 Å². The molecule has 0 bridgehead atoms. The van der Waals surface area contributed by atoms with Gasteiger partial charge in [0.1, 0.15) is 12.4 Å². The summed E-state index contributed by atoms with van der Waals surface area (Å²) in [5.41, 5.74) is 1.05. The molecule has 0 atom stereocenters. The Morgan fingerprint density at radius 2 is 1.81 bits per heavy atom. The van der Waals surface area contributed by atoms with Crippen molar-refractivity contribution in [2.24, 2.45) is 0 Å². The number of rotatable bonds is 6. The van der Waals surface area contributed by atoms with E-state index in [9.17, 15) is 4.79 Å². The Balaban J connectivity index is 2.12. The number of benzene rings is 2. The van der Waals surface area contributed by atoms with E-state index in [1.54, 1.807) is 32.2 Å². The first-order chi connectivity index (χ1) is 10.2. The number of ether oxygens (including phenoxy) is 3. The third kappa shape index (κ3) is 4.24. The van der Waals surface area contributed by atoms with Crippen LogP contribution in [0, 0.1) is 0 Å². The Morgan fingerprint density at radius 3 is 2.48 bits per heavy atom. The van der Waals surface area contributed by atoms with Gasteiger partial charge in [0.05, 0.1) is 7.11 Å². The molecule has 2 aromatic rings. The van der Waals surface area contributed by atoms with Gasteiger partial charge in [0.2, 0.25) is 0 Å². The zero-order valence-electron chi connectivity index (χ0n) is 12.2. The summed E-state index contributed by atoms with van der Waals surface area (Å²) in [4.78, 5) is 11.3. The standard InChI is InChI=1S/C17H18O4/c1-3-17(18)21-14-9-10-15(19-2)16(11-14)20-12-13-7-5-4-6-8-13/h4-11H,3,12H2,1-2H3. The fourth-order valence-electron chi connectivity index (χ4n) is 1.77. The van der Waals surface area contributed by atoms with Crippen LogP contribution in [-0.4, -0.2) is 13.1 Å². The smallest absolute Gasteiger partial charge is 0.310 e. The molecule has 0 saturated heterocycles. The van der Waals surface area contributed by atoms with E-state index < -0.39 is 0 Å². The molecule has 0 aliphatic heterocycles. The minimum atomic E-state index is -0.283. The maximum Gasteiger partial charge on any atom is 0.310 e. The second-order valence-corrected chi connectivity index (χ2v) is 4.41. The SMILES string of the molecule is CCC(=O)Oc1ccc(OC)c(OCc2ccccc2)c1. The van der Waals surface area contributed by atoms with E-state index in [1.165, 1.54) is 0 Å². The van der Waals surface area contributed by atoms with Crippen LogP contribution in [0.5, 0.6) is 17.2 Å². The lowest BCUT2D eigenvalue weighted by Crippen LogP contribution is -2.06. The summed E-state index contributed by atoms with van der Waals surface area (Å²) < 4.78 is 16.2. The minimum Gasteiger partial charge on any atom is -0.493 e. The van der Waals surface area contributed by atoms with Crippen molar-refractivity contribution in [2.45, 2.75) is 20.0 Å². The Hall–Kier alpha value is -2.49. The predicted molar refractivity (Wildman–Crippen MR) is 79.7 cm³/mol. The van der Waals surface area contributed by atoms with Crippen LogP contribution in [0.4, 0.5) is 0 Å². The van der Waals surface area contributed by atoms with Crippen LogP contribution < -0.4 is 14.2 Å². The molecule has 4 nitrogen and oxygen atoms in total. The molecule has 0 aliphatic carbocycles. The maximum atomic E-state index is 11.3. The maximum absolute atomic E-state index is 11.3. The van der Waals surface area contributed by atoms with Crippen molar-refractivity contribution in [1.82, 2.24) is 0 Å². The Bertz CT molecular complexity index is 593. The second kappa shape index (κ2) is 7.33. The molecule has 0 N–H and O–H groups in total. The molecular formula is C17H18O4. The van der Waals surface area contributed by atoms with Crippen LogP contribution >= 0.6 is 0 Å². The second-order valence-electron chi connectivity index (χ2n) is 4.41. The van der Waals surface area contributed by atoms with Gasteiger partial charge < -0.3 is 14.2 Å². The van der Waals surface area contributed by atoms with Crippen LogP contribution in [0.3, 0.4) is 0 Å². The molecule has 4 heteroatoms. The van der Waals surface area contributed by atoms with Crippen LogP contribution in [0.15, 0.2) is 48.5 Å². The average Bonchev–Trinajstić information content (AvgIpc) is 2.54. The van der Waals surface area contributed by atoms with Gasteiger partial charge in [0.15, 0.2) is 11.5 Å². The third-order valence-electron chi connectivity index (χ3n) is 2.89. The number of carbonyl (C=O) groups excluding carboxylic acids is 1. The highest BCUT2D eigenvalue weighted by Crippen LogP contribution is 2.32. The van der Waals surface area contributed by atoms with E-state index in [0.717, 1.165) is 5.56 Å². The molecule has 0 saturated carbocycles. The minimum absolute atomic E-state index is 0.283. The highest BCUT2D eigenvalue weighted by atomic mass is 16.5. The first-order valence-corrected chi connectivity index (χ1v) is 6.78.